The van der Waals surface area contributed by atoms with Crippen LogP contribution in [0, 0.1) is 0 Å². The lowest BCUT2D eigenvalue weighted by Gasteiger charge is -2.09. The molecule has 0 aliphatic rings. The maximum atomic E-state index is 12.1. The van der Waals surface area contributed by atoms with Crippen molar-refractivity contribution >= 4 is 27.4 Å². The zero-order valence-electron chi connectivity index (χ0n) is 11.6. The fraction of sp³-hybridized carbons (Fsp3) is 0.0625. The van der Waals surface area contributed by atoms with Gasteiger partial charge in [0.15, 0.2) is 5.78 Å². The number of rotatable bonds is 5. The summed E-state index contributed by atoms with van der Waals surface area (Å²) in [6, 6.07) is 12.1. The van der Waals surface area contributed by atoms with Crippen LogP contribution in [0.2, 0.25) is 0 Å². The summed E-state index contributed by atoms with van der Waals surface area (Å²) in [6.45, 7) is 0. The van der Waals surface area contributed by atoms with Gasteiger partial charge in [0.25, 0.3) is 0 Å². The highest BCUT2D eigenvalue weighted by Crippen LogP contribution is 2.25. The SMILES string of the molecule is O=C(/C=C/Nc1cccc(OC(F)(F)F)c1)c1ccc(Br)cc1. The van der Waals surface area contributed by atoms with Gasteiger partial charge in [0, 0.05) is 34.1 Å². The van der Waals surface area contributed by atoms with Crippen LogP contribution >= 0.6 is 15.9 Å². The van der Waals surface area contributed by atoms with Crippen molar-refractivity contribution in [2.45, 2.75) is 6.36 Å². The van der Waals surface area contributed by atoms with Crippen LogP contribution in [0.4, 0.5) is 18.9 Å². The molecule has 0 atom stereocenters. The number of ether oxygens (including phenoxy) is 1. The van der Waals surface area contributed by atoms with Gasteiger partial charge < -0.3 is 10.1 Å². The molecular formula is C16H11BrF3NO2. The van der Waals surface area contributed by atoms with Gasteiger partial charge in [0.1, 0.15) is 5.75 Å². The van der Waals surface area contributed by atoms with E-state index in [1.54, 1.807) is 30.3 Å². The fourth-order valence-electron chi connectivity index (χ4n) is 1.71. The molecule has 0 aromatic heterocycles. The smallest absolute Gasteiger partial charge is 0.406 e. The Kier molecular flexibility index (Phi) is 5.44. The minimum atomic E-state index is -4.74. The quantitative estimate of drug-likeness (QED) is 0.570. The molecule has 0 fully saturated rings. The summed E-state index contributed by atoms with van der Waals surface area (Å²) in [5.74, 6) is -0.567. The Balaban J connectivity index is 1.98. The molecule has 0 amide bonds. The van der Waals surface area contributed by atoms with Crippen LogP contribution in [0.1, 0.15) is 10.4 Å². The number of hydrogen-bond acceptors (Lipinski definition) is 3. The predicted octanol–water partition coefficient (Wildman–Crippen LogP) is 5.16. The Morgan fingerprint density at radius 3 is 2.48 bits per heavy atom. The van der Waals surface area contributed by atoms with Crippen molar-refractivity contribution in [3.8, 4) is 5.75 Å². The van der Waals surface area contributed by atoms with Crippen molar-refractivity contribution in [1.82, 2.24) is 0 Å². The first-order valence-corrected chi connectivity index (χ1v) is 7.21. The molecule has 3 nitrogen and oxygen atoms in total. The van der Waals surface area contributed by atoms with E-state index < -0.39 is 6.36 Å². The summed E-state index contributed by atoms with van der Waals surface area (Å²) in [6.07, 6.45) is -2.09. The average molecular weight is 386 g/mol. The van der Waals surface area contributed by atoms with E-state index in [4.69, 9.17) is 0 Å². The zero-order valence-corrected chi connectivity index (χ0v) is 13.2. The van der Waals surface area contributed by atoms with Crippen LogP contribution in [-0.2, 0) is 0 Å². The van der Waals surface area contributed by atoms with E-state index in [0.717, 1.165) is 4.47 Å². The van der Waals surface area contributed by atoms with Gasteiger partial charge in [0.2, 0.25) is 0 Å². The molecule has 120 valence electrons. The monoisotopic (exact) mass is 385 g/mol. The molecule has 1 N–H and O–H groups in total. The maximum Gasteiger partial charge on any atom is 0.573 e. The minimum Gasteiger partial charge on any atom is -0.406 e. The summed E-state index contributed by atoms with van der Waals surface area (Å²) in [4.78, 5) is 11.9. The van der Waals surface area contributed by atoms with Crippen molar-refractivity contribution in [3.63, 3.8) is 0 Å². The van der Waals surface area contributed by atoms with Gasteiger partial charge in [-0.2, -0.15) is 0 Å². The lowest BCUT2D eigenvalue weighted by atomic mass is 10.1. The van der Waals surface area contributed by atoms with Crippen LogP contribution in [0.3, 0.4) is 0 Å². The third-order valence-electron chi connectivity index (χ3n) is 2.68. The van der Waals surface area contributed by atoms with E-state index >= 15 is 0 Å². The molecule has 0 saturated heterocycles. The van der Waals surface area contributed by atoms with E-state index in [1.807, 2.05) is 0 Å². The minimum absolute atomic E-state index is 0.229. The molecule has 7 heteroatoms. The highest BCUT2D eigenvalue weighted by molar-refractivity contribution is 9.10. The summed E-state index contributed by atoms with van der Waals surface area (Å²) < 4.78 is 41.1. The van der Waals surface area contributed by atoms with E-state index in [9.17, 15) is 18.0 Å². The first kappa shape index (κ1) is 17.1. The topological polar surface area (TPSA) is 38.3 Å². The summed E-state index contributed by atoms with van der Waals surface area (Å²) in [5.41, 5.74) is 0.868. The van der Waals surface area contributed by atoms with Crippen molar-refractivity contribution in [3.05, 3.63) is 70.8 Å². The number of ketones is 1. The zero-order chi connectivity index (χ0) is 16.9. The molecule has 2 rings (SSSR count). The van der Waals surface area contributed by atoms with Gasteiger partial charge in [0.05, 0.1) is 0 Å². The van der Waals surface area contributed by atoms with Gasteiger partial charge >= 0.3 is 6.36 Å². The lowest BCUT2D eigenvalue weighted by Crippen LogP contribution is -2.17. The lowest BCUT2D eigenvalue weighted by molar-refractivity contribution is -0.274. The Labute approximate surface area is 138 Å². The molecule has 0 aliphatic carbocycles. The predicted molar refractivity (Wildman–Crippen MR) is 84.4 cm³/mol. The summed E-state index contributed by atoms with van der Waals surface area (Å²) >= 11 is 3.27. The number of halogens is 4. The van der Waals surface area contributed by atoms with Crippen LogP contribution in [0.15, 0.2) is 65.3 Å². The van der Waals surface area contributed by atoms with Crippen molar-refractivity contribution < 1.29 is 22.7 Å². The third-order valence-corrected chi connectivity index (χ3v) is 3.21. The van der Waals surface area contributed by atoms with Gasteiger partial charge in [-0.25, -0.2) is 0 Å². The number of benzene rings is 2. The van der Waals surface area contributed by atoms with Gasteiger partial charge in [-0.3, -0.25) is 4.79 Å². The van der Waals surface area contributed by atoms with Crippen LogP contribution in [0.5, 0.6) is 5.75 Å². The largest absolute Gasteiger partial charge is 0.573 e. The number of nitrogens with one attached hydrogen (secondary N) is 1. The first-order valence-electron chi connectivity index (χ1n) is 6.42. The van der Waals surface area contributed by atoms with E-state index in [2.05, 4.69) is 26.0 Å². The number of allylic oxidation sites excluding steroid dienone is 1. The molecule has 0 bridgehead atoms. The van der Waals surface area contributed by atoms with Crippen LogP contribution < -0.4 is 10.1 Å². The van der Waals surface area contributed by atoms with E-state index in [1.165, 1.54) is 30.5 Å². The Hall–Kier alpha value is -2.28. The molecule has 2 aromatic rings. The van der Waals surface area contributed by atoms with Crippen LogP contribution in [-0.4, -0.2) is 12.1 Å². The van der Waals surface area contributed by atoms with Gasteiger partial charge in [-0.05, 0) is 36.4 Å². The molecular weight excluding hydrogens is 375 g/mol. The molecule has 0 aliphatic heterocycles. The fourth-order valence-corrected chi connectivity index (χ4v) is 1.97. The third kappa shape index (κ3) is 5.78. The highest BCUT2D eigenvalue weighted by atomic mass is 79.9. The van der Waals surface area contributed by atoms with Gasteiger partial charge in [-0.15, -0.1) is 13.2 Å². The highest BCUT2D eigenvalue weighted by Gasteiger charge is 2.31. The molecule has 0 saturated carbocycles. The average Bonchev–Trinajstić information content (AvgIpc) is 2.46. The second kappa shape index (κ2) is 7.32. The molecule has 0 spiro atoms. The number of carbonyl (C=O) groups excluding carboxylic acids is 1. The Bertz CT molecular complexity index is 712. The number of hydrogen-bond donors (Lipinski definition) is 1. The standard InChI is InChI=1S/C16H11BrF3NO2/c17-12-6-4-11(5-7-12)15(22)8-9-21-13-2-1-3-14(10-13)23-16(18,19)20/h1-10,21H/b9-8+. The maximum absolute atomic E-state index is 12.1. The van der Waals surface area contributed by atoms with E-state index in [-0.39, 0.29) is 11.5 Å². The van der Waals surface area contributed by atoms with Gasteiger partial charge in [-0.1, -0.05) is 22.0 Å². The number of anilines is 1. The summed E-state index contributed by atoms with van der Waals surface area (Å²) in [5, 5.41) is 2.72. The Morgan fingerprint density at radius 2 is 1.83 bits per heavy atom. The second-order valence-corrected chi connectivity index (χ2v) is 5.34. The molecule has 2 aromatic carbocycles. The molecule has 23 heavy (non-hydrogen) atoms. The molecule has 0 unspecified atom stereocenters. The number of alkyl halides is 3. The van der Waals surface area contributed by atoms with Crippen molar-refractivity contribution in [2.75, 3.05) is 5.32 Å². The Morgan fingerprint density at radius 1 is 1.13 bits per heavy atom. The number of carbonyl (C=O) groups is 1. The first-order chi connectivity index (χ1) is 10.8. The molecule has 0 radical (unpaired) electrons. The van der Waals surface area contributed by atoms with E-state index in [0.29, 0.717) is 11.3 Å². The van der Waals surface area contributed by atoms with Crippen molar-refractivity contribution in [1.29, 1.82) is 0 Å². The summed E-state index contributed by atoms with van der Waals surface area (Å²) in [7, 11) is 0. The van der Waals surface area contributed by atoms with Crippen molar-refractivity contribution in [2.24, 2.45) is 0 Å². The normalized spacial score (nSPS) is 11.5. The second-order valence-electron chi connectivity index (χ2n) is 4.42. The van der Waals surface area contributed by atoms with Crippen LogP contribution in [0.25, 0.3) is 0 Å². The molecule has 0 heterocycles.